The average Bonchev–Trinajstić information content (AvgIpc) is 3.29. The molecule has 4 heterocycles. The summed E-state index contributed by atoms with van der Waals surface area (Å²) in [5, 5.41) is 5.81. The van der Waals surface area contributed by atoms with Crippen LogP contribution in [-0.2, 0) is 4.74 Å². The van der Waals surface area contributed by atoms with E-state index in [-0.39, 0.29) is 12.2 Å². The van der Waals surface area contributed by atoms with Crippen molar-refractivity contribution in [3.8, 4) is 11.6 Å². The minimum atomic E-state index is 0.121. The van der Waals surface area contributed by atoms with Gasteiger partial charge >= 0.3 is 0 Å². The molecule has 6 rings (SSSR count). The lowest BCUT2D eigenvalue weighted by atomic mass is 10.1. The Balaban J connectivity index is 1.56. The molecule has 1 saturated carbocycles. The lowest BCUT2D eigenvalue weighted by Gasteiger charge is -2.36. The monoisotopic (exact) mass is 424 g/mol. The fourth-order valence-corrected chi connectivity index (χ4v) is 4.43. The zero-order valence-corrected chi connectivity index (χ0v) is 17.5. The third kappa shape index (κ3) is 2.94. The number of imidazole rings is 1. The second kappa shape index (κ2) is 6.65. The average molecular weight is 425 g/mol. The number of ether oxygens (including phenoxy) is 1. The minimum Gasteiger partial charge on any atom is -0.372 e. The number of nitrogens with zero attached hydrogens (tertiary/aromatic N) is 6. The van der Waals surface area contributed by atoms with E-state index in [0.29, 0.717) is 28.2 Å². The molecule has 0 bridgehead atoms. The maximum absolute atomic E-state index is 6.34. The highest BCUT2D eigenvalue weighted by atomic mass is 35.5. The molecule has 0 radical (unpaired) electrons. The van der Waals surface area contributed by atoms with Gasteiger partial charge in [-0.15, -0.1) is 0 Å². The SMILES string of the molecule is CC1CN(c2nc3c(-c4nc(C5CC5)no4)ncn3c3cc(Cl)ccc23)CC(C)O1. The maximum Gasteiger partial charge on any atom is 0.280 e. The van der Waals surface area contributed by atoms with Gasteiger partial charge in [-0.05, 0) is 44.9 Å². The summed E-state index contributed by atoms with van der Waals surface area (Å²) in [6, 6.07) is 5.85. The van der Waals surface area contributed by atoms with Crippen LogP contribution in [0.15, 0.2) is 29.0 Å². The molecule has 9 heteroatoms. The third-order valence-electron chi connectivity index (χ3n) is 5.72. The predicted octanol–water partition coefficient (Wildman–Crippen LogP) is 4.08. The summed E-state index contributed by atoms with van der Waals surface area (Å²) in [5.74, 6) is 2.46. The van der Waals surface area contributed by atoms with Crippen molar-refractivity contribution in [3.63, 3.8) is 0 Å². The number of rotatable bonds is 3. The molecule has 1 aliphatic heterocycles. The van der Waals surface area contributed by atoms with Crippen LogP contribution in [0.5, 0.6) is 0 Å². The molecule has 0 N–H and O–H groups in total. The fourth-order valence-electron chi connectivity index (χ4n) is 4.26. The van der Waals surface area contributed by atoms with Crippen molar-refractivity contribution in [2.45, 2.75) is 44.8 Å². The van der Waals surface area contributed by atoms with Gasteiger partial charge in [0, 0.05) is 29.4 Å². The van der Waals surface area contributed by atoms with Crippen LogP contribution in [0.4, 0.5) is 5.82 Å². The molecule has 2 aliphatic rings. The smallest absolute Gasteiger partial charge is 0.280 e. The van der Waals surface area contributed by atoms with E-state index >= 15 is 0 Å². The molecule has 1 aromatic carbocycles. The Morgan fingerprint density at radius 2 is 1.90 bits per heavy atom. The fraction of sp³-hybridized carbons (Fsp3) is 0.429. The van der Waals surface area contributed by atoms with Crippen molar-refractivity contribution in [3.05, 3.63) is 35.4 Å². The lowest BCUT2D eigenvalue weighted by Crippen LogP contribution is -2.46. The van der Waals surface area contributed by atoms with Crippen LogP contribution in [0, 0.1) is 0 Å². The number of hydrogen-bond acceptors (Lipinski definition) is 7. The van der Waals surface area contributed by atoms with Gasteiger partial charge in [-0.25, -0.2) is 9.97 Å². The minimum absolute atomic E-state index is 0.121. The first-order valence-electron chi connectivity index (χ1n) is 10.3. The second-order valence-electron chi connectivity index (χ2n) is 8.28. The molecule has 0 spiro atoms. The Bertz CT molecular complexity index is 1250. The Morgan fingerprint density at radius 3 is 2.67 bits per heavy atom. The van der Waals surface area contributed by atoms with Gasteiger partial charge in [0.05, 0.1) is 17.7 Å². The highest BCUT2D eigenvalue weighted by molar-refractivity contribution is 6.31. The Hall–Kier alpha value is -2.71. The van der Waals surface area contributed by atoms with Crippen LogP contribution in [0.25, 0.3) is 28.1 Å². The van der Waals surface area contributed by atoms with Gasteiger partial charge in [-0.3, -0.25) is 4.40 Å². The van der Waals surface area contributed by atoms with Gasteiger partial charge < -0.3 is 14.2 Å². The van der Waals surface area contributed by atoms with Gasteiger partial charge in [-0.1, -0.05) is 16.8 Å². The van der Waals surface area contributed by atoms with Gasteiger partial charge in [-0.2, -0.15) is 4.98 Å². The highest BCUT2D eigenvalue weighted by Gasteiger charge is 2.30. The molecular formula is C21H21ClN6O2. The number of hydrogen-bond donors (Lipinski definition) is 0. The van der Waals surface area contributed by atoms with Crippen molar-refractivity contribution in [2.24, 2.45) is 0 Å². The first kappa shape index (κ1) is 18.1. The van der Waals surface area contributed by atoms with Gasteiger partial charge in [0.25, 0.3) is 5.89 Å². The van der Waals surface area contributed by atoms with Crippen LogP contribution in [0.1, 0.15) is 38.4 Å². The molecule has 3 aromatic heterocycles. The van der Waals surface area contributed by atoms with Crippen LogP contribution < -0.4 is 4.90 Å². The quantitative estimate of drug-likeness (QED) is 0.490. The molecule has 4 aromatic rings. The van der Waals surface area contributed by atoms with Gasteiger partial charge in [0.2, 0.25) is 0 Å². The van der Waals surface area contributed by atoms with Crippen LogP contribution in [0.2, 0.25) is 5.02 Å². The Labute approximate surface area is 177 Å². The number of anilines is 1. The van der Waals surface area contributed by atoms with E-state index in [2.05, 4.69) is 33.9 Å². The molecule has 8 nitrogen and oxygen atoms in total. The number of fused-ring (bicyclic) bond motifs is 3. The van der Waals surface area contributed by atoms with Crippen LogP contribution >= 0.6 is 11.6 Å². The van der Waals surface area contributed by atoms with E-state index in [9.17, 15) is 0 Å². The molecule has 1 aliphatic carbocycles. The zero-order chi connectivity index (χ0) is 20.4. The molecule has 2 fully saturated rings. The molecule has 30 heavy (non-hydrogen) atoms. The molecular weight excluding hydrogens is 404 g/mol. The van der Waals surface area contributed by atoms with E-state index in [1.165, 1.54) is 0 Å². The Kier molecular flexibility index (Phi) is 4.01. The highest BCUT2D eigenvalue weighted by Crippen LogP contribution is 2.39. The van der Waals surface area contributed by atoms with Crippen molar-refractivity contribution >= 4 is 34.0 Å². The van der Waals surface area contributed by atoms with E-state index < -0.39 is 0 Å². The number of aromatic nitrogens is 5. The molecule has 2 atom stereocenters. The van der Waals surface area contributed by atoms with Crippen molar-refractivity contribution in [2.75, 3.05) is 18.0 Å². The van der Waals surface area contributed by atoms with Gasteiger partial charge in [0.15, 0.2) is 17.2 Å². The summed E-state index contributed by atoms with van der Waals surface area (Å²) in [6.07, 6.45) is 4.21. The van der Waals surface area contributed by atoms with E-state index in [1.807, 2.05) is 22.6 Å². The first-order valence-corrected chi connectivity index (χ1v) is 10.7. The molecule has 2 unspecified atom stereocenters. The summed E-state index contributed by atoms with van der Waals surface area (Å²) < 4.78 is 13.4. The topological polar surface area (TPSA) is 81.6 Å². The summed E-state index contributed by atoms with van der Waals surface area (Å²) in [4.78, 5) is 16.5. The molecule has 1 saturated heterocycles. The standard InChI is InChI=1S/C21H21ClN6O2/c1-11-8-27(9-12(2)29-11)19-15-6-5-14(22)7-16(15)28-10-23-17(20(28)25-19)21-24-18(26-30-21)13-3-4-13/h5-7,10-13H,3-4,8-9H2,1-2H3. The van der Waals surface area contributed by atoms with E-state index in [0.717, 1.165) is 48.5 Å². The summed E-state index contributed by atoms with van der Waals surface area (Å²) >= 11 is 6.34. The van der Waals surface area contributed by atoms with Crippen LogP contribution in [0.3, 0.4) is 0 Å². The summed E-state index contributed by atoms with van der Waals surface area (Å²) in [6.45, 7) is 5.70. The number of halogens is 1. The predicted molar refractivity (Wildman–Crippen MR) is 113 cm³/mol. The zero-order valence-electron chi connectivity index (χ0n) is 16.7. The summed E-state index contributed by atoms with van der Waals surface area (Å²) in [5.41, 5.74) is 2.21. The van der Waals surface area contributed by atoms with E-state index in [4.69, 9.17) is 25.8 Å². The Morgan fingerprint density at radius 1 is 1.10 bits per heavy atom. The van der Waals surface area contributed by atoms with E-state index in [1.54, 1.807) is 6.33 Å². The number of morpholine rings is 1. The molecule has 154 valence electrons. The van der Waals surface area contributed by atoms with Crippen molar-refractivity contribution in [1.29, 1.82) is 0 Å². The number of benzene rings is 1. The second-order valence-corrected chi connectivity index (χ2v) is 8.71. The lowest BCUT2D eigenvalue weighted by molar-refractivity contribution is -0.00535. The largest absolute Gasteiger partial charge is 0.372 e. The maximum atomic E-state index is 6.34. The van der Waals surface area contributed by atoms with Crippen molar-refractivity contribution < 1.29 is 9.26 Å². The molecule has 0 amide bonds. The summed E-state index contributed by atoms with van der Waals surface area (Å²) in [7, 11) is 0. The third-order valence-corrected chi connectivity index (χ3v) is 5.96. The van der Waals surface area contributed by atoms with Crippen molar-refractivity contribution in [1.82, 2.24) is 24.5 Å². The first-order chi connectivity index (χ1) is 14.6. The normalized spacial score (nSPS) is 22.3. The van der Waals surface area contributed by atoms with Crippen LogP contribution in [-0.4, -0.2) is 49.8 Å². The van der Waals surface area contributed by atoms with Gasteiger partial charge in [0.1, 0.15) is 12.1 Å².